The minimum Gasteiger partial charge on any atom is -0.480 e. The molecule has 1 aliphatic rings. The molecule has 1 saturated heterocycles. The van der Waals surface area contributed by atoms with Gasteiger partial charge in [0.1, 0.15) is 12.1 Å². The number of piperazine rings is 1. The number of ether oxygens (including phenoxy) is 1. The van der Waals surface area contributed by atoms with Crippen molar-refractivity contribution in [3.8, 4) is 5.88 Å². The average molecular weight is 280 g/mol. The number of carboxylic acids is 1. The summed E-state index contributed by atoms with van der Waals surface area (Å²) in [5.74, 6) is 0.640. The molecule has 0 unspecified atom stereocenters. The van der Waals surface area contributed by atoms with E-state index in [1.54, 1.807) is 0 Å². The van der Waals surface area contributed by atoms with Crippen LogP contribution in [-0.2, 0) is 4.79 Å². The molecule has 1 fully saturated rings. The van der Waals surface area contributed by atoms with Gasteiger partial charge >= 0.3 is 5.97 Å². The van der Waals surface area contributed by atoms with Gasteiger partial charge in [0.15, 0.2) is 0 Å². The molecule has 1 aliphatic heterocycles. The van der Waals surface area contributed by atoms with Crippen LogP contribution in [0, 0.1) is 0 Å². The second-order valence-electron chi connectivity index (χ2n) is 4.72. The van der Waals surface area contributed by atoms with E-state index >= 15 is 0 Å². The topological polar surface area (TPSA) is 78.8 Å². The van der Waals surface area contributed by atoms with E-state index in [9.17, 15) is 4.79 Å². The van der Waals surface area contributed by atoms with Gasteiger partial charge in [0.25, 0.3) is 0 Å². The van der Waals surface area contributed by atoms with Crippen molar-refractivity contribution in [2.45, 2.75) is 13.3 Å². The molecule has 0 atom stereocenters. The number of aromatic nitrogens is 2. The van der Waals surface area contributed by atoms with Crippen molar-refractivity contribution in [3.63, 3.8) is 0 Å². The predicted molar refractivity (Wildman–Crippen MR) is 74.1 cm³/mol. The first-order valence-corrected chi connectivity index (χ1v) is 6.83. The SMILES string of the molecule is CCCOc1cc(N2CCN(CC(=O)O)CC2)ncn1. The predicted octanol–water partition coefficient (Wildman–Crippen LogP) is 0.472. The Balaban J connectivity index is 1.91. The summed E-state index contributed by atoms with van der Waals surface area (Å²) < 4.78 is 5.49. The van der Waals surface area contributed by atoms with Crippen molar-refractivity contribution in [2.24, 2.45) is 0 Å². The minimum absolute atomic E-state index is 0.0997. The van der Waals surface area contributed by atoms with Gasteiger partial charge in [-0.15, -0.1) is 0 Å². The van der Waals surface area contributed by atoms with Crippen molar-refractivity contribution in [2.75, 3.05) is 44.2 Å². The number of anilines is 1. The molecule has 20 heavy (non-hydrogen) atoms. The Labute approximate surface area is 118 Å². The molecule has 0 bridgehead atoms. The van der Waals surface area contributed by atoms with Gasteiger partial charge in [-0.3, -0.25) is 9.69 Å². The van der Waals surface area contributed by atoms with Crippen LogP contribution < -0.4 is 9.64 Å². The third kappa shape index (κ3) is 4.06. The molecule has 110 valence electrons. The number of hydrogen-bond acceptors (Lipinski definition) is 6. The van der Waals surface area contributed by atoms with Crippen LogP contribution in [0.15, 0.2) is 12.4 Å². The van der Waals surface area contributed by atoms with E-state index in [-0.39, 0.29) is 6.54 Å². The summed E-state index contributed by atoms with van der Waals surface area (Å²) in [5.41, 5.74) is 0. The van der Waals surface area contributed by atoms with Crippen LogP contribution in [0.2, 0.25) is 0 Å². The maximum Gasteiger partial charge on any atom is 0.317 e. The molecule has 1 N–H and O–H groups in total. The maximum atomic E-state index is 10.7. The first-order chi connectivity index (χ1) is 9.69. The molecule has 7 nitrogen and oxygen atoms in total. The highest BCUT2D eigenvalue weighted by molar-refractivity contribution is 5.69. The Morgan fingerprint density at radius 2 is 2.10 bits per heavy atom. The maximum absolute atomic E-state index is 10.7. The molecule has 2 rings (SSSR count). The molecular weight excluding hydrogens is 260 g/mol. The minimum atomic E-state index is -0.782. The van der Waals surface area contributed by atoms with Crippen molar-refractivity contribution in [1.29, 1.82) is 0 Å². The Kier molecular flexibility index (Phi) is 5.11. The number of carboxylic acid groups (broad SMARTS) is 1. The number of hydrogen-bond donors (Lipinski definition) is 1. The molecule has 0 amide bonds. The Morgan fingerprint density at radius 3 is 2.75 bits per heavy atom. The van der Waals surface area contributed by atoms with Gasteiger partial charge in [0.05, 0.1) is 13.2 Å². The van der Waals surface area contributed by atoms with E-state index in [2.05, 4.69) is 14.9 Å². The average Bonchev–Trinajstić information content (AvgIpc) is 2.45. The normalized spacial score (nSPS) is 16.1. The fourth-order valence-corrected chi connectivity index (χ4v) is 2.11. The second-order valence-corrected chi connectivity index (χ2v) is 4.72. The fraction of sp³-hybridized carbons (Fsp3) is 0.615. The van der Waals surface area contributed by atoms with Gasteiger partial charge < -0.3 is 14.7 Å². The van der Waals surface area contributed by atoms with Crippen LogP contribution in [0.5, 0.6) is 5.88 Å². The highest BCUT2D eigenvalue weighted by Gasteiger charge is 2.19. The highest BCUT2D eigenvalue weighted by atomic mass is 16.5. The smallest absolute Gasteiger partial charge is 0.317 e. The fourth-order valence-electron chi connectivity index (χ4n) is 2.11. The monoisotopic (exact) mass is 280 g/mol. The van der Waals surface area contributed by atoms with Crippen molar-refractivity contribution in [3.05, 3.63) is 12.4 Å². The van der Waals surface area contributed by atoms with Crippen molar-refractivity contribution < 1.29 is 14.6 Å². The highest BCUT2D eigenvalue weighted by Crippen LogP contribution is 2.17. The van der Waals surface area contributed by atoms with E-state index < -0.39 is 5.97 Å². The zero-order chi connectivity index (χ0) is 14.4. The summed E-state index contributed by atoms with van der Waals surface area (Å²) in [7, 11) is 0. The van der Waals surface area contributed by atoms with Crippen LogP contribution in [0.1, 0.15) is 13.3 Å². The van der Waals surface area contributed by atoms with Crippen LogP contribution >= 0.6 is 0 Å². The molecule has 0 radical (unpaired) electrons. The molecule has 0 aromatic carbocycles. The molecule has 0 aliphatic carbocycles. The van der Waals surface area contributed by atoms with Crippen LogP contribution in [0.25, 0.3) is 0 Å². The lowest BCUT2D eigenvalue weighted by molar-refractivity contribution is -0.138. The van der Waals surface area contributed by atoms with E-state index in [1.165, 1.54) is 6.33 Å². The summed E-state index contributed by atoms with van der Waals surface area (Å²) in [6.07, 6.45) is 2.44. The third-order valence-electron chi connectivity index (χ3n) is 3.14. The van der Waals surface area contributed by atoms with Crippen molar-refractivity contribution >= 4 is 11.8 Å². The van der Waals surface area contributed by atoms with E-state index in [0.29, 0.717) is 12.5 Å². The molecule has 1 aromatic rings. The van der Waals surface area contributed by atoms with Crippen LogP contribution in [0.3, 0.4) is 0 Å². The zero-order valence-electron chi connectivity index (χ0n) is 11.7. The third-order valence-corrected chi connectivity index (χ3v) is 3.14. The van der Waals surface area contributed by atoms with Gasteiger partial charge in [-0.25, -0.2) is 9.97 Å². The lowest BCUT2D eigenvalue weighted by atomic mass is 10.3. The molecule has 2 heterocycles. The molecule has 7 heteroatoms. The molecule has 0 spiro atoms. The Morgan fingerprint density at radius 1 is 1.35 bits per heavy atom. The first kappa shape index (κ1) is 14.5. The van der Waals surface area contributed by atoms with Crippen LogP contribution in [-0.4, -0.2) is 65.3 Å². The van der Waals surface area contributed by atoms with Crippen LogP contribution in [0.4, 0.5) is 5.82 Å². The first-order valence-electron chi connectivity index (χ1n) is 6.83. The largest absolute Gasteiger partial charge is 0.480 e. The number of carbonyl (C=O) groups is 1. The van der Waals surface area contributed by atoms with E-state index in [0.717, 1.165) is 38.4 Å². The Bertz CT molecular complexity index is 447. The van der Waals surface area contributed by atoms with Crippen molar-refractivity contribution in [1.82, 2.24) is 14.9 Å². The number of rotatable bonds is 6. The summed E-state index contributed by atoms with van der Waals surface area (Å²) in [6.45, 7) is 5.76. The molecule has 1 aromatic heterocycles. The summed E-state index contributed by atoms with van der Waals surface area (Å²) in [5, 5.41) is 8.78. The van der Waals surface area contributed by atoms with Gasteiger partial charge in [-0.1, -0.05) is 6.92 Å². The summed E-state index contributed by atoms with van der Waals surface area (Å²) in [6, 6.07) is 1.84. The summed E-state index contributed by atoms with van der Waals surface area (Å²) in [4.78, 5) is 23.1. The van der Waals surface area contributed by atoms with Gasteiger partial charge in [0, 0.05) is 32.2 Å². The quantitative estimate of drug-likeness (QED) is 0.811. The van der Waals surface area contributed by atoms with Gasteiger partial charge in [-0.2, -0.15) is 0 Å². The van der Waals surface area contributed by atoms with Gasteiger partial charge in [-0.05, 0) is 6.42 Å². The molecule has 0 saturated carbocycles. The van der Waals surface area contributed by atoms with E-state index in [1.807, 2.05) is 17.9 Å². The lowest BCUT2D eigenvalue weighted by Gasteiger charge is -2.34. The number of nitrogens with zero attached hydrogens (tertiary/aromatic N) is 4. The zero-order valence-corrected chi connectivity index (χ0v) is 11.7. The Hall–Kier alpha value is -1.89. The molecular formula is C13H20N4O3. The van der Waals surface area contributed by atoms with Gasteiger partial charge in [0.2, 0.25) is 5.88 Å². The standard InChI is InChI=1S/C13H20N4O3/c1-2-7-20-12-8-11(14-10-15-12)17-5-3-16(4-6-17)9-13(18)19/h8,10H,2-7,9H2,1H3,(H,18,19). The second kappa shape index (κ2) is 7.04. The lowest BCUT2D eigenvalue weighted by Crippen LogP contribution is -2.48. The summed E-state index contributed by atoms with van der Waals surface area (Å²) >= 11 is 0. The van der Waals surface area contributed by atoms with E-state index in [4.69, 9.17) is 9.84 Å². The number of aliphatic carboxylic acids is 1.